The summed E-state index contributed by atoms with van der Waals surface area (Å²) in [5.74, 6) is 0.918. The lowest BCUT2D eigenvalue weighted by Gasteiger charge is -2.08. The molecule has 1 aliphatic rings. The van der Waals surface area contributed by atoms with Crippen LogP contribution in [0.2, 0.25) is 0 Å². The fraction of sp³-hybridized carbons (Fsp3) is 0.444. The van der Waals surface area contributed by atoms with Crippen LogP contribution in [0.5, 0.6) is 0 Å². The van der Waals surface area contributed by atoms with Gasteiger partial charge in [0.2, 0.25) is 0 Å². The van der Waals surface area contributed by atoms with Crippen LogP contribution in [0.4, 0.5) is 0 Å². The van der Waals surface area contributed by atoms with E-state index in [2.05, 4.69) is 6.42 Å². The Morgan fingerprint density at radius 2 is 2.45 bits per heavy atom. The summed E-state index contributed by atoms with van der Waals surface area (Å²) in [5.41, 5.74) is 0. The maximum atomic E-state index is 8.47. The Morgan fingerprint density at radius 3 is 3.09 bits per heavy atom. The van der Waals surface area contributed by atoms with E-state index in [0.29, 0.717) is 13.0 Å². The van der Waals surface area contributed by atoms with Crippen LogP contribution in [0.15, 0.2) is 24.0 Å². The summed E-state index contributed by atoms with van der Waals surface area (Å²) in [6, 6.07) is 0. The zero-order valence-corrected chi connectivity index (χ0v) is 6.49. The minimum Gasteiger partial charge on any atom is -0.494 e. The number of hydrogen-bond acceptors (Lipinski definition) is 2. The van der Waals surface area contributed by atoms with Crippen LogP contribution in [0.3, 0.4) is 0 Å². The number of hydrogen-bond donors (Lipinski definition) is 1. The zero-order chi connectivity index (χ0) is 7.94. The topological polar surface area (TPSA) is 29.5 Å². The van der Waals surface area contributed by atoms with Gasteiger partial charge < -0.3 is 9.84 Å². The van der Waals surface area contributed by atoms with Gasteiger partial charge in [0.25, 0.3) is 0 Å². The molecule has 0 aliphatic heterocycles. The number of aliphatic hydroxyl groups is 1. The van der Waals surface area contributed by atoms with Gasteiger partial charge in [-0.25, -0.2) is 0 Å². The van der Waals surface area contributed by atoms with Gasteiger partial charge in [-0.05, 0) is 25.0 Å². The van der Waals surface area contributed by atoms with Gasteiger partial charge in [-0.3, -0.25) is 0 Å². The molecule has 0 unspecified atom stereocenters. The average molecular weight is 153 g/mol. The molecule has 0 aromatic carbocycles. The standard InChI is InChI=1S/C9H13O2/c10-7-4-8-11-9-5-2-1-3-6-9/h1-2,5-6,10H,3-4,7-8H2. The van der Waals surface area contributed by atoms with E-state index in [4.69, 9.17) is 9.84 Å². The largest absolute Gasteiger partial charge is 0.494 e. The second kappa shape index (κ2) is 4.97. The van der Waals surface area contributed by atoms with Crippen molar-refractivity contribution in [3.8, 4) is 0 Å². The van der Waals surface area contributed by atoms with Crippen molar-refractivity contribution in [1.29, 1.82) is 0 Å². The van der Waals surface area contributed by atoms with E-state index < -0.39 is 0 Å². The van der Waals surface area contributed by atoms with Crippen LogP contribution < -0.4 is 0 Å². The molecule has 0 saturated heterocycles. The molecule has 61 valence electrons. The fourth-order valence-electron chi connectivity index (χ4n) is 0.855. The number of rotatable bonds is 4. The molecule has 2 heteroatoms. The second-order valence-corrected chi connectivity index (χ2v) is 2.36. The number of aliphatic hydroxyl groups excluding tert-OH is 1. The van der Waals surface area contributed by atoms with Crippen molar-refractivity contribution in [2.45, 2.75) is 12.8 Å². The summed E-state index contributed by atoms with van der Waals surface area (Å²) in [4.78, 5) is 0. The highest BCUT2D eigenvalue weighted by atomic mass is 16.5. The van der Waals surface area contributed by atoms with Gasteiger partial charge in [-0.1, -0.05) is 6.08 Å². The van der Waals surface area contributed by atoms with E-state index in [1.54, 1.807) is 0 Å². The van der Waals surface area contributed by atoms with E-state index in [1.807, 2.05) is 18.2 Å². The summed E-state index contributed by atoms with van der Waals surface area (Å²) >= 11 is 0. The summed E-state index contributed by atoms with van der Waals surface area (Å²) in [6.07, 6.45) is 9.66. The molecule has 1 rings (SSSR count). The molecule has 0 fully saturated rings. The average Bonchev–Trinajstić information content (AvgIpc) is 2.07. The highest BCUT2D eigenvalue weighted by Gasteiger charge is 1.96. The van der Waals surface area contributed by atoms with Crippen LogP contribution in [0.1, 0.15) is 12.8 Å². The minimum atomic E-state index is 0.198. The first kappa shape index (κ1) is 8.34. The summed E-state index contributed by atoms with van der Waals surface area (Å²) in [6.45, 7) is 0.801. The molecule has 1 N–H and O–H groups in total. The first-order valence-electron chi connectivity index (χ1n) is 3.87. The van der Waals surface area contributed by atoms with E-state index in [0.717, 1.165) is 12.2 Å². The van der Waals surface area contributed by atoms with E-state index >= 15 is 0 Å². The molecule has 1 aliphatic carbocycles. The SMILES string of the molecule is OCCCOC1=CC[CH]C=C1. The second-order valence-electron chi connectivity index (χ2n) is 2.36. The molecule has 0 spiro atoms. The highest BCUT2D eigenvalue weighted by molar-refractivity contribution is 5.21. The monoisotopic (exact) mass is 153 g/mol. The van der Waals surface area contributed by atoms with Crippen LogP contribution >= 0.6 is 0 Å². The van der Waals surface area contributed by atoms with Crippen molar-refractivity contribution < 1.29 is 9.84 Å². The number of allylic oxidation sites excluding steroid dienone is 3. The smallest absolute Gasteiger partial charge is 0.115 e. The predicted molar refractivity (Wildman–Crippen MR) is 43.8 cm³/mol. The van der Waals surface area contributed by atoms with E-state index in [-0.39, 0.29) is 6.61 Å². The van der Waals surface area contributed by atoms with Crippen molar-refractivity contribution in [3.05, 3.63) is 30.4 Å². The third-order valence-corrected chi connectivity index (χ3v) is 1.42. The first-order chi connectivity index (χ1) is 5.43. The third kappa shape index (κ3) is 3.23. The van der Waals surface area contributed by atoms with Crippen molar-refractivity contribution in [2.24, 2.45) is 0 Å². The Hall–Kier alpha value is -0.760. The van der Waals surface area contributed by atoms with Gasteiger partial charge in [0.05, 0.1) is 6.61 Å². The molecule has 0 saturated carbocycles. The van der Waals surface area contributed by atoms with Crippen LogP contribution in [-0.2, 0) is 4.74 Å². The van der Waals surface area contributed by atoms with Gasteiger partial charge >= 0.3 is 0 Å². The molecule has 0 aromatic rings. The summed E-state index contributed by atoms with van der Waals surface area (Å²) < 4.78 is 5.32. The lowest BCUT2D eigenvalue weighted by molar-refractivity contribution is 0.183. The Morgan fingerprint density at radius 1 is 1.55 bits per heavy atom. The predicted octanol–water partition coefficient (Wildman–Crippen LogP) is 1.43. The Kier molecular flexibility index (Phi) is 3.76. The normalized spacial score (nSPS) is 16.3. The molecule has 1 radical (unpaired) electrons. The van der Waals surface area contributed by atoms with Gasteiger partial charge in [0.15, 0.2) is 0 Å². The van der Waals surface area contributed by atoms with E-state index in [9.17, 15) is 0 Å². The first-order valence-corrected chi connectivity index (χ1v) is 3.87. The van der Waals surface area contributed by atoms with Crippen molar-refractivity contribution >= 4 is 0 Å². The van der Waals surface area contributed by atoms with Crippen molar-refractivity contribution in [1.82, 2.24) is 0 Å². The lowest BCUT2D eigenvalue weighted by atomic mass is 10.2. The lowest BCUT2D eigenvalue weighted by Crippen LogP contribution is -1.97. The molecule has 0 bridgehead atoms. The molecule has 0 aromatic heterocycles. The minimum absolute atomic E-state index is 0.198. The van der Waals surface area contributed by atoms with Gasteiger partial charge in [0.1, 0.15) is 5.76 Å². The zero-order valence-electron chi connectivity index (χ0n) is 6.49. The summed E-state index contributed by atoms with van der Waals surface area (Å²) in [7, 11) is 0. The molecule has 2 nitrogen and oxygen atoms in total. The Bertz CT molecular complexity index is 159. The van der Waals surface area contributed by atoms with Crippen LogP contribution in [0.25, 0.3) is 0 Å². The maximum absolute atomic E-state index is 8.47. The Balaban J connectivity index is 2.15. The van der Waals surface area contributed by atoms with Crippen molar-refractivity contribution in [3.63, 3.8) is 0 Å². The third-order valence-electron chi connectivity index (χ3n) is 1.42. The Labute approximate surface area is 67.2 Å². The summed E-state index contributed by atoms with van der Waals surface area (Å²) in [5, 5.41) is 8.47. The van der Waals surface area contributed by atoms with Gasteiger partial charge in [-0.15, -0.1) is 0 Å². The molecular weight excluding hydrogens is 140 g/mol. The molecular formula is C9H13O2. The molecule has 0 atom stereocenters. The highest BCUT2D eigenvalue weighted by Crippen LogP contribution is 2.09. The van der Waals surface area contributed by atoms with E-state index in [1.165, 1.54) is 0 Å². The van der Waals surface area contributed by atoms with Crippen LogP contribution in [0, 0.1) is 6.42 Å². The van der Waals surface area contributed by atoms with Crippen molar-refractivity contribution in [2.75, 3.05) is 13.2 Å². The van der Waals surface area contributed by atoms with Crippen LogP contribution in [-0.4, -0.2) is 18.3 Å². The number of ether oxygens (including phenoxy) is 1. The van der Waals surface area contributed by atoms with Gasteiger partial charge in [-0.2, -0.15) is 0 Å². The quantitative estimate of drug-likeness (QED) is 0.619. The molecule has 11 heavy (non-hydrogen) atoms. The molecule has 0 amide bonds. The fourth-order valence-corrected chi connectivity index (χ4v) is 0.855. The van der Waals surface area contributed by atoms with Gasteiger partial charge in [0, 0.05) is 13.0 Å². The molecule has 0 heterocycles. The maximum Gasteiger partial charge on any atom is 0.115 e.